The van der Waals surface area contributed by atoms with Gasteiger partial charge in [0.2, 0.25) is 0 Å². The molecule has 2 unspecified atom stereocenters. The van der Waals surface area contributed by atoms with Gasteiger partial charge < -0.3 is 31.3 Å². The molecular formula is C4H11NO5. The third-order valence-electron chi connectivity index (χ3n) is 1.00. The predicted molar refractivity (Wildman–Crippen MR) is 30.5 cm³/mol. The zero-order valence-electron chi connectivity index (χ0n) is 5.18. The Hall–Kier alpha value is -0.240. The number of hydrogen-bond donors (Lipinski definition) is 6. The fourth-order valence-corrected chi connectivity index (χ4v) is 0.387. The van der Waals surface area contributed by atoms with E-state index in [1.165, 1.54) is 0 Å². The molecule has 0 saturated carbocycles. The highest BCUT2D eigenvalue weighted by Gasteiger charge is 2.35. The lowest BCUT2D eigenvalue weighted by Crippen LogP contribution is -2.51. The van der Waals surface area contributed by atoms with Crippen molar-refractivity contribution in [3.8, 4) is 0 Å². The molecule has 0 aromatic carbocycles. The summed E-state index contributed by atoms with van der Waals surface area (Å²) in [6.07, 6.45) is -3.63. The van der Waals surface area contributed by atoms with Crippen molar-refractivity contribution in [3.05, 3.63) is 0 Å². The van der Waals surface area contributed by atoms with Crippen molar-refractivity contribution >= 4 is 0 Å². The summed E-state index contributed by atoms with van der Waals surface area (Å²) in [6.45, 7) is -0.370. The second-order valence-corrected chi connectivity index (χ2v) is 1.94. The van der Waals surface area contributed by atoms with Gasteiger partial charge in [-0.3, -0.25) is 0 Å². The molecule has 0 radical (unpaired) electrons. The predicted octanol–water partition coefficient (Wildman–Crippen LogP) is -3.70. The van der Waals surface area contributed by atoms with Crippen LogP contribution < -0.4 is 5.73 Å². The van der Waals surface area contributed by atoms with Gasteiger partial charge in [-0.2, -0.15) is 0 Å². The minimum Gasteiger partial charge on any atom is -0.389 e. The largest absolute Gasteiger partial charge is 0.389 e. The fourth-order valence-electron chi connectivity index (χ4n) is 0.387. The fraction of sp³-hybridized carbons (Fsp3) is 1.00. The maximum atomic E-state index is 8.61. The van der Waals surface area contributed by atoms with Gasteiger partial charge in [0.25, 0.3) is 0 Å². The normalized spacial score (nSPS) is 18.6. The molecule has 0 amide bonds. The first-order valence-electron chi connectivity index (χ1n) is 2.63. The van der Waals surface area contributed by atoms with Crippen molar-refractivity contribution in [2.45, 2.75) is 18.2 Å². The SMILES string of the molecule is NCC(O)C(O)C(O)(O)O. The lowest BCUT2D eigenvalue weighted by molar-refractivity contribution is -0.365. The maximum absolute atomic E-state index is 8.61. The van der Waals surface area contributed by atoms with E-state index in [0.29, 0.717) is 0 Å². The molecule has 0 fully saturated rings. The van der Waals surface area contributed by atoms with Crippen molar-refractivity contribution in [2.24, 2.45) is 5.73 Å². The molecule has 6 heteroatoms. The van der Waals surface area contributed by atoms with Crippen LogP contribution in [0.25, 0.3) is 0 Å². The summed E-state index contributed by atoms with van der Waals surface area (Å²) in [5.41, 5.74) is 4.83. The molecule has 6 nitrogen and oxygen atoms in total. The van der Waals surface area contributed by atoms with Crippen LogP contribution in [0, 0.1) is 0 Å². The maximum Gasteiger partial charge on any atom is 0.305 e. The summed E-state index contributed by atoms with van der Waals surface area (Å²) in [6, 6.07) is 0. The van der Waals surface area contributed by atoms with Gasteiger partial charge in [-0.05, 0) is 0 Å². The molecule has 0 bridgehead atoms. The number of nitrogens with two attached hydrogens (primary N) is 1. The van der Waals surface area contributed by atoms with Crippen LogP contribution in [0.1, 0.15) is 0 Å². The highest BCUT2D eigenvalue weighted by atomic mass is 16.7. The summed E-state index contributed by atoms with van der Waals surface area (Å²) in [7, 11) is 0. The topological polar surface area (TPSA) is 127 Å². The van der Waals surface area contributed by atoms with E-state index in [1.54, 1.807) is 0 Å². The second-order valence-electron chi connectivity index (χ2n) is 1.94. The van der Waals surface area contributed by atoms with E-state index in [2.05, 4.69) is 0 Å². The molecule has 2 atom stereocenters. The average Bonchev–Trinajstić information content (AvgIpc) is 1.83. The van der Waals surface area contributed by atoms with E-state index in [1.807, 2.05) is 0 Å². The van der Waals surface area contributed by atoms with Crippen LogP contribution >= 0.6 is 0 Å². The third-order valence-corrected chi connectivity index (χ3v) is 1.00. The number of rotatable bonds is 3. The minimum atomic E-state index is -3.29. The van der Waals surface area contributed by atoms with Crippen LogP contribution in [-0.4, -0.2) is 50.3 Å². The van der Waals surface area contributed by atoms with Crippen molar-refractivity contribution in [3.63, 3.8) is 0 Å². The molecule has 0 aliphatic heterocycles. The highest BCUT2D eigenvalue weighted by molar-refractivity contribution is 4.73. The molecule has 7 N–H and O–H groups in total. The summed E-state index contributed by atoms with van der Waals surface area (Å²) in [4.78, 5) is 0. The Bertz CT molecular complexity index is 100. The molecule has 0 rings (SSSR count). The van der Waals surface area contributed by atoms with Gasteiger partial charge in [0.15, 0.2) is 6.10 Å². The van der Waals surface area contributed by atoms with Gasteiger partial charge >= 0.3 is 5.97 Å². The third kappa shape index (κ3) is 2.56. The Balaban J connectivity index is 3.94. The van der Waals surface area contributed by atoms with E-state index in [0.717, 1.165) is 0 Å². The van der Waals surface area contributed by atoms with Crippen molar-refractivity contribution in [1.82, 2.24) is 0 Å². The monoisotopic (exact) mass is 153 g/mol. The number of aliphatic hydroxyl groups excluding tert-OH is 2. The summed E-state index contributed by atoms with van der Waals surface area (Å²) >= 11 is 0. The van der Waals surface area contributed by atoms with Gasteiger partial charge in [-0.25, -0.2) is 0 Å². The van der Waals surface area contributed by atoms with Crippen LogP contribution in [0.3, 0.4) is 0 Å². The molecule has 0 heterocycles. The molecule has 0 aliphatic carbocycles. The van der Waals surface area contributed by atoms with Crippen molar-refractivity contribution < 1.29 is 25.5 Å². The first-order chi connectivity index (χ1) is 4.39. The number of hydrogen-bond acceptors (Lipinski definition) is 6. The first kappa shape index (κ1) is 9.76. The Kier molecular flexibility index (Phi) is 3.16. The van der Waals surface area contributed by atoms with Crippen molar-refractivity contribution in [2.75, 3.05) is 6.54 Å². The molecule has 0 spiro atoms. The molecule has 10 heavy (non-hydrogen) atoms. The standard InChI is InChI=1S/C4H11NO5/c5-1-2(6)3(7)4(8,9)10/h2-3,6-10H,1,5H2. The van der Waals surface area contributed by atoms with Gasteiger partial charge in [-0.1, -0.05) is 0 Å². The molecule has 0 saturated heterocycles. The Morgan fingerprint density at radius 3 is 1.70 bits per heavy atom. The van der Waals surface area contributed by atoms with Crippen molar-refractivity contribution in [1.29, 1.82) is 0 Å². The zero-order chi connectivity index (χ0) is 8.36. The van der Waals surface area contributed by atoms with E-state index in [4.69, 9.17) is 31.3 Å². The lowest BCUT2D eigenvalue weighted by Gasteiger charge is -2.24. The molecule has 0 aromatic rings. The zero-order valence-corrected chi connectivity index (χ0v) is 5.18. The van der Waals surface area contributed by atoms with Gasteiger partial charge in [0.05, 0.1) is 0 Å². The lowest BCUT2D eigenvalue weighted by atomic mass is 10.2. The summed E-state index contributed by atoms with van der Waals surface area (Å²) in [5, 5.41) is 41.9. The Labute approximate surface area is 57.1 Å². The van der Waals surface area contributed by atoms with Crippen LogP contribution in [0.2, 0.25) is 0 Å². The summed E-state index contributed by atoms with van der Waals surface area (Å²) < 4.78 is 0. The minimum absolute atomic E-state index is 0.370. The quantitative estimate of drug-likeness (QED) is 0.232. The molecule has 0 aromatic heterocycles. The van der Waals surface area contributed by atoms with Gasteiger partial charge in [0.1, 0.15) is 6.10 Å². The van der Waals surface area contributed by atoms with E-state index < -0.39 is 18.2 Å². The van der Waals surface area contributed by atoms with Gasteiger partial charge in [-0.15, -0.1) is 0 Å². The molecule has 0 aliphatic rings. The summed E-state index contributed by atoms with van der Waals surface area (Å²) in [5.74, 6) is -3.29. The smallest absolute Gasteiger partial charge is 0.305 e. The Morgan fingerprint density at radius 2 is 1.60 bits per heavy atom. The van der Waals surface area contributed by atoms with Crippen LogP contribution in [0.5, 0.6) is 0 Å². The van der Waals surface area contributed by atoms with Crippen LogP contribution in [0.15, 0.2) is 0 Å². The Morgan fingerprint density at radius 1 is 1.20 bits per heavy atom. The second kappa shape index (κ2) is 3.24. The highest BCUT2D eigenvalue weighted by Crippen LogP contribution is 2.05. The van der Waals surface area contributed by atoms with E-state index >= 15 is 0 Å². The van der Waals surface area contributed by atoms with Gasteiger partial charge in [0, 0.05) is 6.54 Å². The molecule has 62 valence electrons. The molecular weight excluding hydrogens is 142 g/mol. The number of aliphatic hydroxyl groups is 5. The first-order valence-corrected chi connectivity index (χ1v) is 2.63. The average molecular weight is 153 g/mol. The van der Waals surface area contributed by atoms with Crippen LogP contribution in [0.4, 0.5) is 0 Å². The van der Waals surface area contributed by atoms with E-state index in [9.17, 15) is 0 Å². The van der Waals surface area contributed by atoms with Crippen LogP contribution in [-0.2, 0) is 0 Å². The van der Waals surface area contributed by atoms with E-state index in [-0.39, 0.29) is 6.54 Å².